The molecule has 0 bridgehead atoms. The highest BCUT2D eigenvalue weighted by Gasteiger charge is 2.25. The van der Waals surface area contributed by atoms with E-state index in [0.29, 0.717) is 30.4 Å². The first kappa shape index (κ1) is 26.1. The molecule has 1 aliphatic rings. The van der Waals surface area contributed by atoms with Crippen molar-refractivity contribution in [2.75, 3.05) is 13.2 Å². The van der Waals surface area contributed by atoms with E-state index >= 15 is 0 Å². The fraction of sp³-hybridized carbons (Fsp3) is 0.357. The first-order valence-corrected chi connectivity index (χ1v) is 11.9. The Balaban J connectivity index is 1.35. The molecule has 1 saturated heterocycles. The summed E-state index contributed by atoms with van der Waals surface area (Å²) >= 11 is 0. The van der Waals surface area contributed by atoms with Gasteiger partial charge in [0.2, 0.25) is 0 Å². The lowest BCUT2D eigenvalue weighted by atomic mass is 9.93. The second-order valence-electron chi connectivity index (χ2n) is 9.06. The van der Waals surface area contributed by atoms with Gasteiger partial charge in [0.05, 0.1) is 19.3 Å². The van der Waals surface area contributed by atoms with Gasteiger partial charge in [-0.15, -0.1) is 0 Å². The second kappa shape index (κ2) is 11.4. The quantitative estimate of drug-likeness (QED) is 0.226. The molecule has 0 aliphatic carbocycles. The molecule has 2 unspecified atom stereocenters. The van der Waals surface area contributed by atoms with Crippen LogP contribution in [0.3, 0.4) is 0 Å². The predicted molar refractivity (Wildman–Crippen MR) is 124 cm³/mol. The molecular formula is C28H26F6O2. The van der Waals surface area contributed by atoms with E-state index in [9.17, 15) is 26.3 Å². The number of benzene rings is 3. The summed E-state index contributed by atoms with van der Waals surface area (Å²) in [6.45, 7) is 2.33. The Hall–Kier alpha value is -3.00. The van der Waals surface area contributed by atoms with Crippen molar-refractivity contribution in [1.82, 2.24) is 0 Å². The largest absolute Gasteiger partial charge is 0.487 e. The molecule has 0 N–H and O–H groups in total. The Morgan fingerprint density at radius 1 is 0.833 bits per heavy atom. The van der Waals surface area contributed by atoms with Crippen LogP contribution in [-0.4, -0.2) is 13.2 Å². The standard InChI is InChI=1S/C28H26F6O2/c1-2-3-4-16-9-24(32)28(25(33)10-16)36-15-17-5-8-26(35-14-17)18-6-7-20(21(29)11-18)19-12-22(30)27(34)23(31)13-19/h6-7,9-13,17,26H,2-5,8,14-15H2,1H3. The maximum atomic E-state index is 14.7. The fourth-order valence-corrected chi connectivity index (χ4v) is 4.35. The van der Waals surface area contributed by atoms with Gasteiger partial charge in [0.25, 0.3) is 0 Å². The third kappa shape index (κ3) is 5.86. The number of unbranched alkanes of at least 4 members (excludes halogenated alkanes) is 1. The molecular weight excluding hydrogens is 482 g/mol. The lowest BCUT2D eigenvalue weighted by molar-refractivity contribution is -0.0292. The maximum absolute atomic E-state index is 14.7. The third-order valence-electron chi connectivity index (χ3n) is 6.37. The molecule has 2 atom stereocenters. The smallest absolute Gasteiger partial charge is 0.194 e. The molecule has 36 heavy (non-hydrogen) atoms. The monoisotopic (exact) mass is 508 g/mol. The van der Waals surface area contributed by atoms with E-state index in [2.05, 4.69) is 0 Å². The van der Waals surface area contributed by atoms with E-state index in [4.69, 9.17) is 9.47 Å². The molecule has 4 rings (SSSR count). The summed E-state index contributed by atoms with van der Waals surface area (Å²) in [5, 5.41) is 0. The first-order valence-electron chi connectivity index (χ1n) is 11.9. The van der Waals surface area contributed by atoms with Gasteiger partial charge in [0.15, 0.2) is 34.8 Å². The SMILES string of the molecule is CCCCc1cc(F)c(OCC2CCC(c3ccc(-c4cc(F)c(F)c(F)c4)c(F)c3)OC2)c(F)c1. The average molecular weight is 509 g/mol. The molecule has 0 aromatic heterocycles. The normalized spacial score (nSPS) is 17.9. The van der Waals surface area contributed by atoms with Crippen LogP contribution < -0.4 is 4.74 Å². The zero-order valence-electron chi connectivity index (χ0n) is 19.7. The molecule has 1 fully saturated rings. The number of hydrogen-bond acceptors (Lipinski definition) is 2. The zero-order valence-corrected chi connectivity index (χ0v) is 19.7. The Kier molecular flexibility index (Phi) is 8.24. The summed E-state index contributed by atoms with van der Waals surface area (Å²) in [7, 11) is 0. The van der Waals surface area contributed by atoms with Crippen molar-refractivity contribution in [3.63, 3.8) is 0 Å². The molecule has 3 aromatic rings. The van der Waals surface area contributed by atoms with Gasteiger partial charge in [-0.1, -0.05) is 25.5 Å². The minimum absolute atomic E-state index is 0.0663. The minimum Gasteiger partial charge on any atom is -0.487 e. The summed E-state index contributed by atoms with van der Waals surface area (Å²) in [5.41, 5.74) is 0.952. The first-order chi connectivity index (χ1) is 17.3. The van der Waals surface area contributed by atoms with Gasteiger partial charge < -0.3 is 9.47 Å². The molecule has 2 nitrogen and oxygen atoms in total. The van der Waals surface area contributed by atoms with Crippen LogP contribution in [0, 0.1) is 40.8 Å². The third-order valence-corrected chi connectivity index (χ3v) is 6.37. The Labute approximate surface area is 205 Å². The van der Waals surface area contributed by atoms with Crippen molar-refractivity contribution >= 4 is 0 Å². The van der Waals surface area contributed by atoms with Crippen molar-refractivity contribution in [3.05, 3.63) is 88.5 Å². The van der Waals surface area contributed by atoms with E-state index in [1.807, 2.05) is 6.92 Å². The summed E-state index contributed by atoms with van der Waals surface area (Å²) in [4.78, 5) is 0. The highest BCUT2D eigenvalue weighted by molar-refractivity contribution is 5.64. The van der Waals surface area contributed by atoms with Crippen molar-refractivity contribution in [2.24, 2.45) is 5.92 Å². The topological polar surface area (TPSA) is 18.5 Å². The van der Waals surface area contributed by atoms with Crippen LogP contribution in [0.25, 0.3) is 11.1 Å². The highest BCUT2D eigenvalue weighted by Crippen LogP contribution is 2.34. The van der Waals surface area contributed by atoms with Gasteiger partial charge >= 0.3 is 0 Å². The lowest BCUT2D eigenvalue weighted by Gasteiger charge is -2.29. The van der Waals surface area contributed by atoms with Gasteiger partial charge in [-0.05, 0) is 72.7 Å². The number of halogens is 6. The summed E-state index contributed by atoms with van der Waals surface area (Å²) in [5.74, 6) is -7.09. The lowest BCUT2D eigenvalue weighted by Crippen LogP contribution is -2.26. The molecule has 3 aromatic carbocycles. The summed E-state index contributed by atoms with van der Waals surface area (Å²) in [6.07, 6.45) is 3.10. The van der Waals surface area contributed by atoms with Crippen molar-refractivity contribution < 1.29 is 35.8 Å². The van der Waals surface area contributed by atoms with Crippen LogP contribution in [0.5, 0.6) is 5.75 Å². The van der Waals surface area contributed by atoms with Crippen LogP contribution >= 0.6 is 0 Å². The molecule has 0 saturated carbocycles. The molecule has 192 valence electrons. The molecule has 1 heterocycles. The number of hydrogen-bond donors (Lipinski definition) is 0. The predicted octanol–water partition coefficient (Wildman–Crippen LogP) is 8.08. The van der Waals surface area contributed by atoms with Crippen molar-refractivity contribution in [2.45, 2.75) is 45.1 Å². The minimum atomic E-state index is -1.61. The number of rotatable bonds is 8. The number of aryl methyl sites for hydroxylation is 1. The molecule has 1 aliphatic heterocycles. The Morgan fingerprint density at radius 3 is 2.11 bits per heavy atom. The van der Waals surface area contributed by atoms with Crippen LogP contribution in [0.2, 0.25) is 0 Å². The Morgan fingerprint density at radius 2 is 1.53 bits per heavy atom. The van der Waals surface area contributed by atoms with Crippen LogP contribution in [0.4, 0.5) is 26.3 Å². The van der Waals surface area contributed by atoms with Crippen LogP contribution in [-0.2, 0) is 11.2 Å². The van der Waals surface area contributed by atoms with E-state index in [-0.39, 0.29) is 30.3 Å². The van der Waals surface area contributed by atoms with E-state index in [1.165, 1.54) is 24.3 Å². The van der Waals surface area contributed by atoms with Gasteiger partial charge in [-0.25, -0.2) is 26.3 Å². The second-order valence-corrected chi connectivity index (χ2v) is 9.06. The fourth-order valence-electron chi connectivity index (χ4n) is 4.35. The summed E-state index contributed by atoms with van der Waals surface area (Å²) < 4.78 is 95.0. The van der Waals surface area contributed by atoms with Gasteiger partial charge in [-0.2, -0.15) is 0 Å². The molecule has 0 radical (unpaired) electrons. The molecule has 8 heteroatoms. The zero-order chi connectivity index (χ0) is 25.8. The summed E-state index contributed by atoms with van der Waals surface area (Å²) in [6, 6.07) is 8.25. The Bertz CT molecular complexity index is 1170. The van der Waals surface area contributed by atoms with Crippen LogP contribution in [0.15, 0.2) is 42.5 Å². The maximum Gasteiger partial charge on any atom is 0.194 e. The molecule has 0 amide bonds. The van der Waals surface area contributed by atoms with Crippen LogP contribution in [0.1, 0.15) is 49.8 Å². The van der Waals surface area contributed by atoms with Gasteiger partial charge in [0, 0.05) is 11.5 Å². The number of ether oxygens (including phenoxy) is 2. The van der Waals surface area contributed by atoms with E-state index in [0.717, 1.165) is 25.0 Å². The van der Waals surface area contributed by atoms with E-state index in [1.54, 1.807) is 6.07 Å². The molecule has 0 spiro atoms. The van der Waals surface area contributed by atoms with Crippen molar-refractivity contribution in [1.29, 1.82) is 0 Å². The highest BCUT2D eigenvalue weighted by atomic mass is 19.2. The van der Waals surface area contributed by atoms with E-state index < -0.39 is 46.8 Å². The van der Waals surface area contributed by atoms with Gasteiger partial charge in [0.1, 0.15) is 5.82 Å². The van der Waals surface area contributed by atoms with Crippen molar-refractivity contribution in [3.8, 4) is 16.9 Å². The van der Waals surface area contributed by atoms with Gasteiger partial charge in [-0.3, -0.25) is 0 Å². The average Bonchev–Trinajstić information content (AvgIpc) is 2.85.